The van der Waals surface area contributed by atoms with Crippen molar-refractivity contribution < 1.29 is 22.4 Å². The molecule has 0 atom stereocenters. The molecule has 66 valence electrons. The van der Waals surface area contributed by atoms with E-state index in [2.05, 4.69) is 20.2 Å². The Hall–Kier alpha value is -0.910. The third kappa shape index (κ3) is 1.34. The molecule has 0 spiro atoms. The van der Waals surface area contributed by atoms with Crippen LogP contribution in [0, 0.1) is 6.92 Å². The van der Waals surface area contributed by atoms with E-state index in [0.717, 1.165) is 0 Å². The molecule has 2 N–H and O–H groups in total. The topological polar surface area (TPSA) is 74.4 Å². The molecule has 2 aromatic rings. The van der Waals surface area contributed by atoms with Gasteiger partial charge in [0.2, 0.25) is 0 Å². The van der Waals surface area contributed by atoms with Crippen LogP contribution >= 0.6 is 0 Å². The summed E-state index contributed by atoms with van der Waals surface area (Å²) in [7, 11) is 0. The molecule has 0 aliphatic rings. The van der Waals surface area contributed by atoms with Gasteiger partial charge >= 0.3 is 22.4 Å². The Morgan fingerprint density at radius 3 is 3.00 bits per heavy atom. The molecule has 0 saturated carbocycles. The van der Waals surface area contributed by atoms with Crippen LogP contribution in [0.15, 0.2) is 11.0 Å². The maximum atomic E-state index is 11.1. The summed E-state index contributed by atoms with van der Waals surface area (Å²) < 4.78 is 0. The second kappa shape index (κ2) is 3.22. The minimum absolute atomic E-state index is 0. The van der Waals surface area contributed by atoms with Crippen molar-refractivity contribution in [2.45, 2.75) is 6.92 Å². The van der Waals surface area contributed by atoms with E-state index < -0.39 is 0 Å². The maximum absolute atomic E-state index is 11.1. The Morgan fingerprint density at radius 1 is 1.50 bits per heavy atom. The molecular formula is C6H6AgN4O+. The van der Waals surface area contributed by atoms with Crippen molar-refractivity contribution >= 4 is 11.0 Å². The van der Waals surface area contributed by atoms with Crippen LogP contribution in [-0.4, -0.2) is 20.2 Å². The molecule has 0 fully saturated rings. The van der Waals surface area contributed by atoms with Crippen molar-refractivity contribution in [2.24, 2.45) is 0 Å². The van der Waals surface area contributed by atoms with Gasteiger partial charge in [-0.2, -0.15) is 5.10 Å². The number of aromatic nitrogens is 4. The van der Waals surface area contributed by atoms with Crippen LogP contribution in [0.3, 0.4) is 0 Å². The van der Waals surface area contributed by atoms with Crippen molar-refractivity contribution in [3.05, 3.63) is 22.4 Å². The van der Waals surface area contributed by atoms with E-state index in [9.17, 15) is 4.79 Å². The van der Waals surface area contributed by atoms with Crippen LogP contribution in [0.2, 0.25) is 0 Å². The predicted molar refractivity (Wildman–Crippen MR) is 39.2 cm³/mol. The zero-order chi connectivity index (χ0) is 7.84. The zero-order valence-corrected chi connectivity index (χ0v) is 7.66. The van der Waals surface area contributed by atoms with Crippen molar-refractivity contribution in [2.75, 3.05) is 0 Å². The third-order valence-corrected chi connectivity index (χ3v) is 1.43. The Labute approximate surface area is 83.1 Å². The van der Waals surface area contributed by atoms with Gasteiger partial charge in [-0.3, -0.25) is 9.89 Å². The number of fused-ring (bicyclic) bond motifs is 1. The normalized spacial score (nSPS) is 9.75. The van der Waals surface area contributed by atoms with Crippen molar-refractivity contribution in [3.63, 3.8) is 0 Å². The summed E-state index contributed by atoms with van der Waals surface area (Å²) in [5, 5.41) is 6.25. The Bertz CT molecular complexity index is 446. The zero-order valence-electron chi connectivity index (χ0n) is 6.18. The molecule has 2 heterocycles. The van der Waals surface area contributed by atoms with Gasteiger partial charge in [0.05, 0.1) is 6.20 Å². The smallest absolute Gasteiger partial charge is 0.309 e. The Kier molecular flexibility index (Phi) is 2.46. The van der Waals surface area contributed by atoms with Crippen LogP contribution in [0.1, 0.15) is 5.82 Å². The summed E-state index contributed by atoms with van der Waals surface area (Å²) in [6.07, 6.45) is 1.53. The fourth-order valence-corrected chi connectivity index (χ4v) is 0.967. The summed E-state index contributed by atoms with van der Waals surface area (Å²) in [4.78, 5) is 17.7. The molecule has 2 aromatic heterocycles. The molecule has 0 unspecified atom stereocenters. The molecule has 6 heteroatoms. The minimum atomic E-state index is -0.176. The standard InChI is InChI=1S/C6H6N4O.Ag/c1-3-8-4-2-7-10-5(4)6(11)9-3;/h2H,1H3,(H,7,10)(H,8,9,11);/q;+1. The molecule has 0 saturated heterocycles. The number of hydrogen-bond acceptors (Lipinski definition) is 3. The Morgan fingerprint density at radius 2 is 2.25 bits per heavy atom. The van der Waals surface area contributed by atoms with Gasteiger partial charge in [-0.25, -0.2) is 4.98 Å². The second-order valence-corrected chi connectivity index (χ2v) is 2.28. The number of nitrogens with one attached hydrogen (secondary N) is 2. The van der Waals surface area contributed by atoms with Crippen molar-refractivity contribution in [1.29, 1.82) is 0 Å². The van der Waals surface area contributed by atoms with Gasteiger partial charge in [-0.05, 0) is 6.92 Å². The van der Waals surface area contributed by atoms with E-state index in [-0.39, 0.29) is 27.9 Å². The molecule has 5 nitrogen and oxygen atoms in total. The number of hydrogen-bond donors (Lipinski definition) is 2. The summed E-state index contributed by atoms with van der Waals surface area (Å²) in [6, 6.07) is 0. The van der Waals surface area contributed by atoms with Crippen LogP contribution in [0.4, 0.5) is 0 Å². The number of H-pyrrole nitrogens is 2. The molecule has 0 radical (unpaired) electrons. The van der Waals surface area contributed by atoms with E-state index in [1.165, 1.54) is 6.20 Å². The maximum Gasteiger partial charge on any atom is 1.00 e. The van der Waals surface area contributed by atoms with Crippen LogP contribution in [-0.2, 0) is 22.4 Å². The van der Waals surface area contributed by atoms with Crippen LogP contribution < -0.4 is 5.56 Å². The average molecular weight is 258 g/mol. The predicted octanol–water partition coefficient (Wildman–Crippen LogP) is -0.0479. The average Bonchev–Trinajstić information content (AvgIpc) is 2.34. The van der Waals surface area contributed by atoms with E-state index in [0.29, 0.717) is 16.9 Å². The van der Waals surface area contributed by atoms with Crippen molar-refractivity contribution in [3.8, 4) is 0 Å². The molecule has 0 aromatic carbocycles. The first-order valence-electron chi connectivity index (χ1n) is 3.17. The SMILES string of the molecule is Cc1nc2cn[nH]c2c(=O)[nH]1.[Ag+]. The molecule has 0 bridgehead atoms. The Balaban J connectivity index is 0.000000720. The van der Waals surface area contributed by atoms with E-state index in [4.69, 9.17) is 0 Å². The second-order valence-electron chi connectivity index (χ2n) is 2.28. The molecule has 0 amide bonds. The largest absolute Gasteiger partial charge is 1.00 e. The van der Waals surface area contributed by atoms with Crippen LogP contribution in [0.25, 0.3) is 11.0 Å². The van der Waals surface area contributed by atoms with Gasteiger partial charge < -0.3 is 4.98 Å². The van der Waals surface area contributed by atoms with E-state index in [1.54, 1.807) is 6.92 Å². The summed E-state index contributed by atoms with van der Waals surface area (Å²) in [5.74, 6) is 0.601. The molecule has 0 aliphatic heterocycles. The first-order chi connectivity index (χ1) is 5.27. The van der Waals surface area contributed by atoms with Crippen LogP contribution in [0.5, 0.6) is 0 Å². The van der Waals surface area contributed by atoms with Gasteiger partial charge in [0.1, 0.15) is 16.9 Å². The first-order valence-corrected chi connectivity index (χ1v) is 3.17. The number of nitrogens with zero attached hydrogens (tertiary/aromatic N) is 2. The van der Waals surface area contributed by atoms with Gasteiger partial charge in [0.15, 0.2) is 0 Å². The van der Waals surface area contributed by atoms with E-state index in [1.807, 2.05) is 0 Å². The quantitative estimate of drug-likeness (QED) is 0.650. The third-order valence-electron chi connectivity index (χ3n) is 1.43. The molecular weight excluding hydrogens is 252 g/mol. The summed E-state index contributed by atoms with van der Waals surface area (Å²) in [6.45, 7) is 1.73. The number of rotatable bonds is 0. The molecule has 0 aliphatic carbocycles. The molecule has 2 rings (SSSR count). The van der Waals surface area contributed by atoms with E-state index >= 15 is 0 Å². The fraction of sp³-hybridized carbons (Fsp3) is 0.167. The van der Waals surface area contributed by atoms with Gasteiger partial charge in [-0.15, -0.1) is 0 Å². The molecule has 12 heavy (non-hydrogen) atoms. The summed E-state index contributed by atoms with van der Waals surface area (Å²) >= 11 is 0. The number of aryl methyl sites for hydroxylation is 1. The summed E-state index contributed by atoms with van der Waals surface area (Å²) in [5.41, 5.74) is 0.854. The van der Waals surface area contributed by atoms with Gasteiger partial charge in [0, 0.05) is 0 Å². The van der Waals surface area contributed by atoms with Crippen molar-refractivity contribution in [1.82, 2.24) is 20.2 Å². The van der Waals surface area contributed by atoms with Gasteiger partial charge in [-0.1, -0.05) is 0 Å². The minimum Gasteiger partial charge on any atom is -0.309 e. The fourth-order valence-electron chi connectivity index (χ4n) is 0.967. The monoisotopic (exact) mass is 257 g/mol. The van der Waals surface area contributed by atoms with Gasteiger partial charge in [0.25, 0.3) is 5.56 Å². The first kappa shape index (κ1) is 9.18. The number of aromatic amines is 2.